The minimum atomic E-state index is -1.05. The van der Waals surface area contributed by atoms with Gasteiger partial charge in [-0.1, -0.05) is 39.8 Å². The fraction of sp³-hybridized carbons (Fsp3) is 0.235. The maximum Gasteiger partial charge on any atom is 0.163 e. The van der Waals surface area contributed by atoms with Crippen LogP contribution in [0.25, 0.3) is 0 Å². The van der Waals surface area contributed by atoms with Gasteiger partial charge in [0, 0.05) is 4.47 Å². The van der Waals surface area contributed by atoms with Crippen molar-refractivity contribution >= 4 is 33.7 Å². The molecule has 1 fully saturated rings. The van der Waals surface area contributed by atoms with Crippen molar-refractivity contribution in [2.24, 2.45) is 0 Å². The summed E-state index contributed by atoms with van der Waals surface area (Å²) >= 11 is 4.98. The normalized spacial score (nSPS) is 20.1. The Labute approximate surface area is 151 Å². The lowest BCUT2D eigenvalue weighted by Crippen LogP contribution is -2.90. The van der Waals surface area contributed by atoms with E-state index in [1.54, 1.807) is 29.2 Å². The van der Waals surface area contributed by atoms with Gasteiger partial charge in [0.1, 0.15) is 30.2 Å². The van der Waals surface area contributed by atoms with E-state index < -0.39 is 12.0 Å². The summed E-state index contributed by atoms with van der Waals surface area (Å²) < 4.78 is 20.0. The van der Waals surface area contributed by atoms with Crippen LogP contribution in [0.2, 0.25) is 0 Å². The number of benzene rings is 2. The Morgan fingerprint density at radius 1 is 1.38 bits per heavy atom. The first kappa shape index (κ1) is 17.3. The molecule has 7 heteroatoms. The molecule has 1 aliphatic heterocycles. The average Bonchev–Trinajstić information content (AvgIpc) is 3.04. The molecule has 0 radical (unpaired) electrons. The first-order chi connectivity index (χ1) is 11.5. The third kappa shape index (κ3) is 4.09. The molecule has 2 unspecified atom stereocenters. The average molecular weight is 412 g/mol. The van der Waals surface area contributed by atoms with Crippen LogP contribution in [-0.4, -0.2) is 17.8 Å². The second kappa shape index (κ2) is 7.55. The van der Waals surface area contributed by atoms with Crippen LogP contribution in [0.15, 0.2) is 46.9 Å². The maximum atomic E-state index is 13.3. The Bertz CT molecular complexity index is 758. The number of aliphatic carboxylic acids is 1. The molecule has 4 nitrogen and oxygen atoms in total. The van der Waals surface area contributed by atoms with E-state index in [-0.39, 0.29) is 17.8 Å². The number of nitrogens with two attached hydrogens (primary N) is 1. The quantitative estimate of drug-likeness (QED) is 0.811. The molecule has 2 N–H and O–H groups in total. The van der Waals surface area contributed by atoms with Crippen LogP contribution in [-0.2, 0) is 11.4 Å². The SMILES string of the molecule is O=C([O-])C1CSC(c2cc(Br)ccc2OCc2cccc(F)c2)[NH2+]1. The van der Waals surface area contributed by atoms with Crippen molar-refractivity contribution in [1.82, 2.24) is 0 Å². The topological polar surface area (TPSA) is 66.0 Å². The Morgan fingerprint density at radius 3 is 2.92 bits per heavy atom. The van der Waals surface area contributed by atoms with Gasteiger partial charge in [0.05, 0.1) is 11.3 Å². The fourth-order valence-corrected chi connectivity index (χ4v) is 4.24. The molecular formula is C17H15BrFNO3S. The molecule has 0 bridgehead atoms. The number of rotatable bonds is 5. The summed E-state index contributed by atoms with van der Waals surface area (Å²) in [5.41, 5.74) is 1.63. The third-order valence-corrected chi connectivity index (χ3v) is 5.54. The highest BCUT2D eigenvalue weighted by molar-refractivity contribution is 9.10. The Hall–Kier alpha value is -1.57. The van der Waals surface area contributed by atoms with E-state index in [0.29, 0.717) is 11.5 Å². The number of ether oxygens (including phenoxy) is 1. The van der Waals surface area contributed by atoms with Gasteiger partial charge in [-0.3, -0.25) is 0 Å². The van der Waals surface area contributed by atoms with Crippen molar-refractivity contribution in [3.8, 4) is 5.75 Å². The molecule has 3 rings (SSSR count). The zero-order valence-electron chi connectivity index (χ0n) is 12.6. The number of carbonyl (C=O) groups is 1. The zero-order chi connectivity index (χ0) is 17.1. The molecule has 1 heterocycles. The van der Waals surface area contributed by atoms with Crippen molar-refractivity contribution in [3.63, 3.8) is 0 Å². The summed E-state index contributed by atoms with van der Waals surface area (Å²) in [6.45, 7) is 0.244. The monoisotopic (exact) mass is 411 g/mol. The van der Waals surface area contributed by atoms with Gasteiger partial charge in [-0.15, -0.1) is 0 Å². The number of carbonyl (C=O) groups excluding carboxylic acids is 1. The Morgan fingerprint density at radius 2 is 2.21 bits per heavy atom. The number of thioether (sulfide) groups is 1. The zero-order valence-corrected chi connectivity index (χ0v) is 15.0. The summed E-state index contributed by atoms with van der Waals surface area (Å²) in [6, 6.07) is 11.3. The van der Waals surface area contributed by atoms with Gasteiger partial charge >= 0.3 is 0 Å². The van der Waals surface area contributed by atoms with E-state index in [9.17, 15) is 14.3 Å². The second-order valence-electron chi connectivity index (χ2n) is 5.47. The minimum Gasteiger partial charge on any atom is -0.544 e. The molecule has 24 heavy (non-hydrogen) atoms. The van der Waals surface area contributed by atoms with Crippen LogP contribution in [0.4, 0.5) is 4.39 Å². The highest BCUT2D eigenvalue weighted by Crippen LogP contribution is 2.35. The summed E-state index contributed by atoms with van der Waals surface area (Å²) in [6.07, 6.45) is 0. The van der Waals surface area contributed by atoms with Crippen molar-refractivity contribution in [2.45, 2.75) is 18.0 Å². The summed E-state index contributed by atoms with van der Waals surface area (Å²) in [7, 11) is 0. The number of carboxylic acid groups (broad SMARTS) is 1. The lowest BCUT2D eigenvalue weighted by atomic mass is 10.2. The highest BCUT2D eigenvalue weighted by Gasteiger charge is 2.33. The molecule has 2 atom stereocenters. The molecule has 0 saturated carbocycles. The van der Waals surface area contributed by atoms with Crippen molar-refractivity contribution in [1.29, 1.82) is 0 Å². The van der Waals surface area contributed by atoms with Crippen LogP contribution in [0.5, 0.6) is 5.75 Å². The Balaban J connectivity index is 1.77. The highest BCUT2D eigenvalue weighted by atomic mass is 79.9. The van der Waals surface area contributed by atoms with Crippen LogP contribution in [0, 0.1) is 5.82 Å². The van der Waals surface area contributed by atoms with E-state index >= 15 is 0 Å². The summed E-state index contributed by atoms with van der Waals surface area (Å²) in [5.74, 6) is -0.205. The molecular weight excluding hydrogens is 397 g/mol. The first-order valence-corrected chi connectivity index (χ1v) is 9.21. The standard InChI is InChI=1S/C17H15BrFNO3S/c18-11-4-5-15(23-8-10-2-1-3-12(19)6-10)13(7-11)16-20-14(9-24-16)17(21)22/h1-7,14,16,20H,8-9H2,(H,21,22). The number of quaternary nitrogens is 1. The van der Waals surface area contributed by atoms with Crippen LogP contribution in [0.3, 0.4) is 0 Å². The van der Waals surface area contributed by atoms with Crippen LogP contribution in [0.1, 0.15) is 16.5 Å². The Kier molecular flexibility index (Phi) is 5.43. The van der Waals surface area contributed by atoms with Gasteiger partial charge in [0.15, 0.2) is 5.37 Å². The maximum absolute atomic E-state index is 13.3. The molecule has 0 spiro atoms. The molecule has 0 aliphatic carbocycles. The van der Waals surface area contributed by atoms with Gasteiger partial charge in [-0.2, -0.15) is 0 Å². The molecule has 2 aromatic rings. The van der Waals surface area contributed by atoms with Crippen LogP contribution < -0.4 is 15.2 Å². The summed E-state index contributed by atoms with van der Waals surface area (Å²) in [4.78, 5) is 11.0. The lowest BCUT2D eigenvalue weighted by Gasteiger charge is -2.16. The van der Waals surface area contributed by atoms with Crippen LogP contribution >= 0.6 is 27.7 Å². The molecule has 0 amide bonds. The van der Waals surface area contributed by atoms with Gasteiger partial charge in [-0.05, 0) is 35.9 Å². The molecule has 0 aromatic heterocycles. The molecule has 1 aliphatic rings. The minimum absolute atomic E-state index is 0.0760. The van der Waals surface area contributed by atoms with E-state index in [4.69, 9.17) is 4.74 Å². The summed E-state index contributed by atoms with van der Waals surface area (Å²) in [5, 5.41) is 12.7. The molecule has 1 saturated heterocycles. The molecule has 126 valence electrons. The predicted molar refractivity (Wildman–Crippen MR) is 90.8 cm³/mol. The van der Waals surface area contributed by atoms with Gasteiger partial charge in [0.2, 0.25) is 0 Å². The first-order valence-electron chi connectivity index (χ1n) is 7.37. The lowest BCUT2D eigenvalue weighted by molar-refractivity contribution is -0.690. The van der Waals surface area contributed by atoms with Gasteiger partial charge < -0.3 is 20.0 Å². The molecule has 2 aromatic carbocycles. The van der Waals surface area contributed by atoms with E-state index in [2.05, 4.69) is 15.9 Å². The van der Waals surface area contributed by atoms with E-state index in [0.717, 1.165) is 15.6 Å². The fourth-order valence-electron chi connectivity index (χ4n) is 2.53. The smallest absolute Gasteiger partial charge is 0.163 e. The van der Waals surface area contributed by atoms with Crippen molar-refractivity contribution in [2.75, 3.05) is 5.75 Å². The van der Waals surface area contributed by atoms with Crippen molar-refractivity contribution < 1.29 is 24.3 Å². The number of hydrogen-bond donors (Lipinski definition) is 1. The predicted octanol–water partition coefficient (Wildman–Crippen LogP) is 1.59. The van der Waals surface area contributed by atoms with Crippen molar-refractivity contribution in [3.05, 3.63) is 63.9 Å². The van der Waals surface area contributed by atoms with E-state index in [1.165, 1.54) is 12.1 Å². The van der Waals surface area contributed by atoms with Gasteiger partial charge in [-0.25, -0.2) is 4.39 Å². The van der Waals surface area contributed by atoms with Gasteiger partial charge in [0.25, 0.3) is 0 Å². The largest absolute Gasteiger partial charge is 0.544 e. The van der Waals surface area contributed by atoms with E-state index in [1.807, 2.05) is 18.2 Å². The number of carboxylic acids is 1. The number of hydrogen-bond acceptors (Lipinski definition) is 4. The number of halogens is 2. The second-order valence-corrected chi connectivity index (χ2v) is 7.56. The third-order valence-electron chi connectivity index (χ3n) is 3.73.